The lowest BCUT2D eigenvalue weighted by Crippen LogP contribution is -2.51. The van der Waals surface area contributed by atoms with Crippen LogP contribution in [0.2, 0.25) is 0 Å². The van der Waals surface area contributed by atoms with Gasteiger partial charge < -0.3 is 21.3 Å². The summed E-state index contributed by atoms with van der Waals surface area (Å²) in [7, 11) is -4.87. The van der Waals surface area contributed by atoms with Crippen molar-refractivity contribution in [1.29, 1.82) is 0 Å². The SMILES string of the molecule is CCOC(=O)Nc1nc(C2CNCCS2)cc(N)[n+]1OS(=O)(=O)O.[OH-]. The van der Waals surface area contributed by atoms with E-state index in [0.717, 1.165) is 12.3 Å². The molecule has 0 spiro atoms. The molecule has 1 atom stereocenters. The van der Waals surface area contributed by atoms with E-state index in [1.54, 1.807) is 18.7 Å². The number of hydrogen-bond donors (Lipinski definition) is 4. The monoisotopic (exact) mass is 397 g/mol. The normalized spacial score (nSPS) is 17.3. The summed E-state index contributed by atoms with van der Waals surface area (Å²) in [5, 5.41) is 5.40. The average molecular weight is 397 g/mol. The minimum absolute atomic E-state index is 0. The van der Waals surface area contributed by atoms with Crippen molar-refractivity contribution in [3.8, 4) is 0 Å². The largest absolute Gasteiger partial charge is 0.870 e. The van der Waals surface area contributed by atoms with Crippen LogP contribution in [0.25, 0.3) is 0 Å². The molecule has 6 N–H and O–H groups in total. The number of nitrogens with zero attached hydrogens (tertiary/aromatic N) is 2. The molecule has 1 fully saturated rings. The first-order valence-electron chi connectivity index (χ1n) is 6.96. The molecule has 0 bridgehead atoms. The molecule has 0 aliphatic carbocycles. The molecule has 1 aliphatic rings. The number of carbonyl (C=O) groups excluding carboxylic acids is 1. The van der Waals surface area contributed by atoms with Crippen LogP contribution in [0, 0.1) is 0 Å². The summed E-state index contributed by atoms with van der Waals surface area (Å²) >= 11 is 1.64. The van der Waals surface area contributed by atoms with Gasteiger partial charge in [-0.25, -0.2) is 9.08 Å². The van der Waals surface area contributed by atoms with Gasteiger partial charge in [0.1, 0.15) is 5.69 Å². The quantitative estimate of drug-likeness (QED) is 0.351. The third kappa shape index (κ3) is 6.17. The second-order valence-corrected chi connectivity index (χ2v) is 6.95. The van der Waals surface area contributed by atoms with Crippen molar-refractivity contribution in [3.63, 3.8) is 0 Å². The van der Waals surface area contributed by atoms with Crippen LogP contribution in [0.3, 0.4) is 0 Å². The van der Waals surface area contributed by atoms with Gasteiger partial charge in [-0.05, 0) is 11.7 Å². The molecule has 1 aliphatic heterocycles. The molecule has 1 aromatic rings. The lowest BCUT2D eigenvalue weighted by molar-refractivity contribution is -0.835. The van der Waals surface area contributed by atoms with Crippen LogP contribution in [0.5, 0.6) is 0 Å². The Labute approximate surface area is 148 Å². The first-order chi connectivity index (χ1) is 11.3. The number of hydrogen-bond acceptors (Lipinski definition) is 10. The number of aromatic nitrogens is 2. The van der Waals surface area contributed by atoms with E-state index in [1.165, 1.54) is 6.07 Å². The van der Waals surface area contributed by atoms with Gasteiger partial charge in [0.15, 0.2) is 0 Å². The highest BCUT2D eigenvalue weighted by atomic mass is 32.3. The third-order valence-electron chi connectivity index (χ3n) is 2.87. The zero-order chi connectivity index (χ0) is 17.7. The minimum atomic E-state index is -4.87. The zero-order valence-corrected chi connectivity index (χ0v) is 14.8. The van der Waals surface area contributed by atoms with Gasteiger partial charge in [-0.2, -0.15) is 13.7 Å². The predicted molar refractivity (Wildman–Crippen MR) is 87.6 cm³/mol. The van der Waals surface area contributed by atoms with E-state index in [0.29, 0.717) is 17.0 Å². The first-order valence-corrected chi connectivity index (χ1v) is 9.37. The Bertz CT molecular complexity index is 709. The molecule has 1 unspecified atom stereocenters. The van der Waals surface area contributed by atoms with Crippen LogP contribution in [-0.2, 0) is 15.1 Å². The van der Waals surface area contributed by atoms with E-state index >= 15 is 0 Å². The summed E-state index contributed by atoms with van der Waals surface area (Å²) in [6, 6.07) is 1.41. The summed E-state index contributed by atoms with van der Waals surface area (Å²) in [4.78, 5) is 15.8. The van der Waals surface area contributed by atoms with Crippen LogP contribution in [-0.4, -0.2) is 55.0 Å². The average Bonchev–Trinajstić information content (AvgIpc) is 2.50. The molecule has 0 saturated carbocycles. The van der Waals surface area contributed by atoms with Crippen molar-refractivity contribution in [3.05, 3.63) is 11.8 Å². The van der Waals surface area contributed by atoms with E-state index in [1.807, 2.05) is 0 Å². The molecule has 1 saturated heterocycles. The minimum Gasteiger partial charge on any atom is -0.870 e. The summed E-state index contributed by atoms with van der Waals surface area (Å²) in [6.45, 7) is 3.20. The highest BCUT2D eigenvalue weighted by Gasteiger charge is 2.28. The Morgan fingerprint density at radius 2 is 2.36 bits per heavy atom. The molecule has 0 radical (unpaired) electrons. The number of nitrogens with two attached hydrogens (primary N) is 1. The number of anilines is 2. The summed E-state index contributed by atoms with van der Waals surface area (Å²) in [5.74, 6) is 0.367. The lowest BCUT2D eigenvalue weighted by atomic mass is 10.2. The van der Waals surface area contributed by atoms with E-state index < -0.39 is 16.5 Å². The van der Waals surface area contributed by atoms with E-state index in [9.17, 15) is 13.2 Å². The number of nitrogens with one attached hydrogen (secondary N) is 2. The Hall–Kier alpha value is -1.87. The molecule has 2 rings (SSSR count). The second-order valence-electron chi connectivity index (χ2n) is 4.64. The summed E-state index contributed by atoms with van der Waals surface area (Å²) in [5.41, 5.74) is 6.31. The van der Waals surface area contributed by atoms with E-state index in [4.69, 9.17) is 15.0 Å². The Balaban J connectivity index is 0.00000312. The van der Waals surface area contributed by atoms with Crippen molar-refractivity contribution in [1.82, 2.24) is 10.3 Å². The predicted octanol–water partition coefficient (Wildman–Crippen LogP) is -1.05. The molecule has 0 aromatic carbocycles. The van der Waals surface area contributed by atoms with Crippen LogP contribution in [0.4, 0.5) is 16.6 Å². The molecular weight excluding hydrogens is 378 g/mol. The van der Waals surface area contributed by atoms with Crippen LogP contribution in [0.1, 0.15) is 17.9 Å². The Kier molecular flexibility index (Phi) is 7.62. The van der Waals surface area contributed by atoms with E-state index in [2.05, 4.69) is 19.9 Å². The topological polar surface area (TPSA) is 187 Å². The number of thioether (sulfide) groups is 1. The fourth-order valence-electron chi connectivity index (χ4n) is 1.96. The van der Waals surface area contributed by atoms with E-state index in [-0.39, 0.29) is 29.1 Å². The maximum atomic E-state index is 11.6. The molecule has 1 amide bonds. The van der Waals surface area contributed by atoms with Gasteiger partial charge in [0, 0.05) is 24.9 Å². The molecule has 142 valence electrons. The molecule has 1 aromatic heterocycles. The van der Waals surface area contributed by atoms with Gasteiger partial charge >= 0.3 is 22.4 Å². The van der Waals surface area contributed by atoms with Gasteiger partial charge in [0.25, 0.3) is 0 Å². The Morgan fingerprint density at radius 3 is 2.92 bits per heavy atom. The maximum absolute atomic E-state index is 11.6. The van der Waals surface area contributed by atoms with Gasteiger partial charge in [-0.3, -0.25) is 4.55 Å². The van der Waals surface area contributed by atoms with Crippen molar-refractivity contribution in [2.45, 2.75) is 12.2 Å². The number of rotatable bonds is 5. The number of nitrogen functional groups attached to an aromatic ring is 1. The van der Waals surface area contributed by atoms with Gasteiger partial charge in [0.2, 0.25) is 5.82 Å². The van der Waals surface area contributed by atoms with Gasteiger partial charge in [-0.1, -0.05) is 0 Å². The summed E-state index contributed by atoms with van der Waals surface area (Å²) < 4.78 is 40.4. The first kappa shape index (κ1) is 21.2. The molecule has 12 nitrogen and oxygen atoms in total. The smallest absolute Gasteiger partial charge is 0.474 e. The van der Waals surface area contributed by atoms with Gasteiger partial charge in [0.05, 0.1) is 11.9 Å². The second kappa shape index (κ2) is 9.00. The van der Waals surface area contributed by atoms with Crippen molar-refractivity contribution >= 4 is 40.0 Å². The third-order valence-corrected chi connectivity index (χ3v) is 4.46. The highest BCUT2D eigenvalue weighted by Crippen LogP contribution is 2.29. The maximum Gasteiger partial charge on any atom is 0.474 e. The fourth-order valence-corrected chi connectivity index (χ4v) is 3.38. The fraction of sp³-hybridized carbons (Fsp3) is 0.545. The lowest BCUT2D eigenvalue weighted by Gasteiger charge is -2.21. The number of amides is 1. The molecular formula is C11H19N5O7S2. The van der Waals surface area contributed by atoms with Crippen molar-refractivity contribution < 1.29 is 37.0 Å². The van der Waals surface area contributed by atoms with Crippen LogP contribution < -0.4 is 25.4 Å². The van der Waals surface area contributed by atoms with Crippen molar-refractivity contribution in [2.75, 3.05) is 36.5 Å². The summed E-state index contributed by atoms with van der Waals surface area (Å²) in [6.07, 6.45) is -0.872. The highest BCUT2D eigenvalue weighted by molar-refractivity contribution is 7.99. The number of ether oxygens (including phenoxy) is 1. The van der Waals surface area contributed by atoms with Crippen LogP contribution >= 0.6 is 11.8 Å². The van der Waals surface area contributed by atoms with Crippen LogP contribution in [0.15, 0.2) is 6.07 Å². The zero-order valence-electron chi connectivity index (χ0n) is 13.2. The molecule has 2 heterocycles. The van der Waals surface area contributed by atoms with Gasteiger partial charge in [-0.15, -0.1) is 16.7 Å². The standard InChI is InChI=1S/C11H17N5O6S2.H2O/c1-2-21-11(17)15-10-14-7(8-6-13-3-4-23-8)5-9(12)16(10)22-24(18,19)20;/h5,8,13H,2-4,6H2,1H3,(H3,12,14,15,17,18,19,20);1H2. The number of carbonyl (C=O) groups is 1. The Morgan fingerprint density at radius 1 is 1.64 bits per heavy atom. The molecule has 14 heteroatoms. The molecule has 25 heavy (non-hydrogen) atoms. The van der Waals surface area contributed by atoms with Crippen molar-refractivity contribution in [2.24, 2.45) is 0 Å².